The van der Waals surface area contributed by atoms with Crippen molar-refractivity contribution in [2.45, 2.75) is 32.5 Å². The highest BCUT2D eigenvalue weighted by molar-refractivity contribution is 5.65. The van der Waals surface area contributed by atoms with Crippen LogP contribution >= 0.6 is 0 Å². The van der Waals surface area contributed by atoms with Crippen LogP contribution in [0.3, 0.4) is 0 Å². The van der Waals surface area contributed by atoms with Crippen molar-refractivity contribution in [2.24, 2.45) is 0 Å². The van der Waals surface area contributed by atoms with Gasteiger partial charge >= 0.3 is 6.18 Å². The van der Waals surface area contributed by atoms with Crippen LogP contribution in [0.1, 0.15) is 34.5 Å². The van der Waals surface area contributed by atoms with E-state index in [9.17, 15) is 13.2 Å². The van der Waals surface area contributed by atoms with Gasteiger partial charge in [-0.2, -0.15) is 18.3 Å². The highest BCUT2D eigenvalue weighted by Gasteiger charge is 2.40. The molecule has 0 atom stereocenters. The summed E-state index contributed by atoms with van der Waals surface area (Å²) < 4.78 is 48.2. The van der Waals surface area contributed by atoms with Crippen LogP contribution in [0.4, 0.5) is 13.2 Å². The molecular weight excluding hydrogens is 365 g/mol. The number of fused-ring (bicyclic) bond motifs is 1. The van der Waals surface area contributed by atoms with Crippen LogP contribution in [0.5, 0.6) is 0 Å². The minimum absolute atomic E-state index is 0.194. The number of benzene rings is 2. The summed E-state index contributed by atoms with van der Waals surface area (Å²) in [4.78, 5) is 0. The number of rotatable bonds is 4. The first-order valence-electron chi connectivity index (χ1n) is 9.07. The summed E-state index contributed by atoms with van der Waals surface area (Å²) in [5.74, 6) is 0.439. The Kier molecular flexibility index (Phi) is 4.71. The molecule has 1 heterocycles. The Labute approximate surface area is 161 Å². The highest BCUT2D eigenvalue weighted by Crippen LogP contribution is 2.39. The molecule has 6 heteroatoms. The molecule has 1 aliphatic rings. The van der Waals surface area contributed by atoms with Crippen molar-refractivity contribution in [3.05, 3.63) is 88.8 Å². The van der Waals surface area contributed by atoms with Gasteiger partial charge in [0.25, 0.3) is 0 Å². The molecule has 144 valence electrons. The number of alkyl halides is 3. The normalized spacial score (nSPS) is 13.8. The Balaban J connectivity index is 1.78. The molecule has 2 aromatic carbocycles. The van der Waals surface area contributed by atoms with Crippen LogP contribution in [-0.2, 0) is 23.9 Å². The highest BCUT2D eigenvalue weighted by atomic mass is 19.4. The average Bonchev–Trinajstić information content (AvgIpc) is 3.08. The van der Waals surface area contributed by atoms with Crippen LogP contribution < -0.4 is 0 Å². The van der Waals surface area contributed by atoms with Crippen molar-refractivity contribution in [3.8, 4) is 5.69 Å². The van der Waals surface area contributed by atoms with Crippen LogP contribution in [0.15, 0.2) is 60.7 Å². The van der Waals surface area contributed by atoms with Gasteiger partial charge in [0.1, 0.15) is 18.1 Å². The zero-order chi connectivity index (χ0) is 19.7. The van der Waals surface area contributed by atoms with E-state index in [2.05, 4.69) is 5.10 Å². The molecule has 0 aliphatic heterocycles. The molecule has 0 N–H and O–H groups in total. The van der Waals surface area contributed by atoms with Crippen molar-refractivity contribution >= 4 is 5.76 Å². The summed E-state index contributed by atoms with van der Waals surface area (Å²) in [5, 5.41) is 3.95. The van der Waals surface area contributed by atoms with Gasteiger partial charge in [0, 0.05) is 5.56 Å². The SMILES string of the molecule is Cc1cccc(-n2nc(C(F)(F)F)c3c2C(OCc2ccccc2)=CCC3)c1. The van der Waals surface area contributed by atoms with E-state index in [1.165, 1.54) is 4.68 Å². The van der Waals surface area contributed by atoms with Gasteiger partial charge in [-0.15, -0.1) is 0 Å². The van der Waals surface area contributed by atoms with Crippen molar-refractivity contribution in [3.63, 3.8) is 0 Å². The van der Waals surface area contributed by atoms with E-state index in [1.807, 2.05) is 61.5 Å². The van der Waals surface area contributed by atoms with Gasteiger partial charge in [0.05, 0.1) is 5.69 Å². The number of aryl methyl sites for hydroxylation is 1. The molecule has 0 bridgehead atoms. The second-order valence-corrected chi connectivity index (χ2v) is 6.81. The van der Waals surface area contributed by atoms with Crippen molar-refractivity contribution in [2.75, 3.05) is 0 Å². The predicted octanol–water partition coefficient (Wildman–Crippen LogP) is 5.70. The third-order valence-electron chi connectivity index (χ3n) is 4.69. The Morgan fingerprint density at radius 3 is 2.57 bits per heavy atom. The van der Waals surface area contributed by atoms with Crippen molar-refractivity contribution < 1.29 is 17.9 Å². The summed E-state index contributed by atoms with van der Waals surface area (Å²) in [7, 11) is 0. The van der Waals surface area contributed by atoms with Gasteiger partial charge in [-0.25, -0.2) is 4.68 Å². The summed E-state index contributed by atoms with van der Waals surface area (Å²) in [6.45, 7) is 2.18. The van der Waals surface area contributed by atoms with Crippen LogP contribution in [-0.4, -0.2) is 9.78 Å². The fourth-order valence-electron chi connectivity index (χ4n) is 3.42. The standard InChI is InChI=1S/C22H19F3N2O/c1-15-7-5-10-17(13-15)27-20-18(21(26-27)22(23,24)25)11-6-12-19(20)28-14-16-8-3-2-4-9-16/h2-5,7-10,12-13H,6,11,14H2,1H3. The summed E-state index contributed by atoms with van der Waals surface area (Å²) in [6, 6.07) is 16.8. The first kappa shape index (κ1) is 18.3. The second kappa shape index (κ2) is 7.19. The second-order valence-electron chi connectivity index (χ2n) is 6.81. The van der Waals surface area contributed by atoms with Crippen molar-refractivity contribution in [1.29, 1.82) is 0 Å². The van der Waals surface area contributed by atoms with Crippen LogP contribution in [0.25, 0.3) is 11.4 Å². The number of aromatic nitrogens is 2. The fourth-order valence-corrected chi connectivity index (χ4v) is 3.42. The van der Waals surface area contributed by atoms with E-state index < -0.39 is 11.9 Å². The number of ether oxygens (including phenoxy) is 1. The lowest BCUT2D eigenvalue weighted by Crippen LogP contribution is -2.11. The lowest BCUT2D eigenvalue weighted by atomic mass is 9.99. The zero-order valence-electron chi connectivity index (χ0n) is 15.3. The lowest BCUT2D eigenvalue weighted by Gasteiger charge is -2.18. The lowest BCUT2D eigenvalue weighted by molar-refractivity contribution is -0.141. The number of halogens is 3. The molecule has 1 aliphatic carbocycles. The number of nitrogens with zero attached hydrogens (tertiary/aromatic N) is 2. The van der Waals surface area contributed by atoms with Gasteiger partial charge in [-0.05, 0) is 49.1 Å². The molecule has 3 aromatic rings. The third kappa shape index (κ3) is 3.54. The Bertz CT molecular complexity index is 1020. The third-order valence-corrected chi connectivity index (χ3v) is 4.69. The first-order chi connectivity index (χ1) is 13.4. The van der Waals surface area contributed by atoms with Gasteiger partial charge < -0.3 is 4.74 Å². The topological polar surface area (TPSA) is 27.1 Å². The molecule has 28 heavy (non-hydrogen) atoms. The molecule has 3 nitrogen and oxygen atoms in total. The zero-order valence-corrected chi connectivity index (χ0v) is 15.3. The Morgan fingerprint density at radius 1 is 1.07 bits per heavy atom. The summed E-state index contributed by atoms with van der Waals surface area (Å²) in [6.07, 6.45) is -1.89. The predicted molar refractivity (Wildman–Crippen MR) is 101 cm³/mol. The number of allylic oxidation sites excluding steroid dienone is 1. The Morgan fingerprint density at radius 2 is 1.86 bits per heavy atom. The molecule has 0 unspecified atom stereocenters. The van der Waals surface area contributed by atoms with Crippen LogP contribution in [0.2, 0.25) is 0 Å². The smallest absolute Gasteiger partial charge is 0.435 e. The van der Waals surface area contributed by atoms with Gasteiger partial charge in [0.2, 0.25) is 0 Å². The summed E-state index contributed by atoms with van der Waals surface area (Å²) in [5.41, 5.74) is 2.23. The maximum atomic E-state index is 13.6. The average molecular weight is 384 g/mol. The molecule has 0 saturated heterocycles. The van der Waals surface area contributed by atoms with E-state index in [1.54, 1.807) is 6.07 Å². The molecule has 4 rings (SSSR count). The molecule has 0 saturated carbocycles. The minimum Gasteiger partial charge on any atom is -0.487 e. The molecule has 1 aromatic heterocycles. The molecule has 0 spiro atoms. The molecule has 0 radical (unpaired) electrons. The van der Waals surface area contributed by atoms with Gasteiger partial charge in [0.15, 0.2) is 5.69 Å². The quantitative estimate of drug-likeness (QED) is 0.577. The van der Waals surface area contributed by atoms with Crippen molar-refractivity contribution in [1.82, 2.24) is 9.78 Å². The number of hydrogen-bond donors (Lipinski definition) is 0. The molecule has 0 fully saturated rings. The van der Waals surface area contributed by atoms with E-state index in [4.69, 9.17) is 4.74 Å². The maximum Gasteiger partial charge on any atom is 0.435 e. The molecule has 0 amide bonds. The Hall–Kier alpha value is -3.02. The minimum atomic E-state index is -4.51. The maximum absolute atomic E-state index is 13.6. The fraction of sp³-hybridized carbons (Fsp3) is 0.227. The van der Waals surface area contributed by atoms with E-state index in [-0.39, 0.29) is 18.6 Å². The first-order valence-corrected chi connectivity index (χ1v) is 9.07. The monoisotopic (exact) mass is 384 g/mol. The molecular formula is C22H19F3N2O. The van der Waals surface area contributed by atoms with E-state index in [0.717, 1.165) is 11.1 Å². The number of hydrogen-bond acceptors (Lipinski definition) is 2. The van der Waals surface area contributed by atoms with Crippen LogP contribution in [0, 0.1) is 6.92 Å². The largest absolute Gasteiger partial charge is 0.487 e. The van der Waals surface area contributed by atoms with Gasteiger partial charge in [-0.3, -0.25) is 0 Å². The van der Waals surface area contributed by atoms with E-state index in [0.29, 0.717) is 23.6 Å². The van der Waals surface area contributed by atoms with E-state index >= 15 is 0 Å². The summed E-state index contributed by atoms with van der Waals surface area (Å²) >= 11 is 0. The van der Waals surface area contributed by atoms with Gasteiger partial charge in [-0.1, -0.05) is 42.5 Å².